The summed E-state index contributed by atoms with van der Waals surface area (Å²) in [5.74, 6) is 0.819. The number of hydrogen-bond acceptors (Lipinski definition) is 2. The highest BCUT2D eigenvalue weighted by molar-refractivity contribution is 9.10. The number of rotatable bonds is 4. The zero-order chi connectivity index (χ0) is 13.0. The van der Waals surface area contributed by atoms with Crippen LogP contribution in [-0.4, -0.2) is 30.4 Å². The molecular weight excluding hydrogens is 292 g/mol. The number of halogens is 1. The van der Waals surface area contributed by atoms with E-state index in [1.54, 1.807) is 0 Å². The molecule has 1 aromatic carbocycles. The van der Waals surface area contributed by atoms with Crippen molar-refractivity contribution in [1.82, 2.24) is 4.90 Å². The number of nitrogens with zero attached hydrogens (tertiary/aromatic N) is 1. The molecule has 1 aliphatic rings. The van der Waals surface area contributed by atoms with Crippen LogP contribution in [0.2, 0.25) is 0 Å². The normalized spacial score (nSPS) is 19.2. The molecule has 1 aliphatic heterocycles. The summed E-state index contributed by atoms with van der Waals surface area (Å²) in [6.45, 7) is 2.48. The lowest BCUT2D eigenvalue weighted by Gasteiger charge is -2.17. The summed E-state index contributed by atoms with van der Waals surface area (Å²) < 4.78 is 1.01. The highest BCUT2D eigenvalue weighted by atomic mass is 79.9. The van der Waals surface area contributed by atoms with Gasteiger partial charge in [-0.1, -0.05) is 34.1 Å². The molecule has 2 N–H and O–H groups in total. The van der Waals surface area contributed by atoms with E-state index in [1.165, 1.54) is 0 Å². The Labute approximate surface area is 116 Å². The van der Waals surface area contributed by atoms with Crippen molar-refractivity contribution in [3.63, 3.8) is 0 Å². The lowest BCUT2D eigenvalue weighted by Crippen LogP contribution is -2.30. The Bertz CT molecular complexity index is 422. The van der Waals surface area contributed by atoms with Crippen LogP contribution >= 0.6 is 15.9 Å². The van der Waals surface area contributed by atoms with Gasteiger partial charge in [-0.15, -0.1) is 0 Å². The van der Waals surface area contributed by atoms with Crippen molar-refractivity contribution in [2.75, 3.05) is 19.6 Å². The van der Waals surface area contributed by atoms with Crippen LogP contribution in [0.1, 0.15) is 18.4 Å². The molecule has 1 amide bonds. The molecule has 98 valence electrons. The van der Waals surface area contributed by atoms with Gasteiger partial charge in [0.05, 0.1) is 6.42 Å². The van der Waals surface area contributed by atoms with Crippen LogP contribution in [0, 0.1) is 5.92 Å². The maximum atomic E-state index is 12.2. The summed E-state index contributed by atoms with van der Waals surface area (Å²) in [7, 11) is 0. The Morgan fingerprint density at radius 3 is 2.94 bits per heavy atom. The Kier molecular flexibility index (Phi) is 4.78. The molecule has 1 aromatic rings. The van der Waals surface area contributed by atoms with Gasteiger partial charge >= 0.3 is 0 Å². The number of amides is 1. The molecule has 1 saturated heterocycles. The fourth-order valence-corrected chi connectivity index (χ4v) is 2.87. The number of likely N-dealkylation sites (tertiary alicyclic amines) is 1. The Morgan fingerprint density at radius 2 is 2.22 bits per heavy atom. The molecule has 0 bridgehead atoms. The minimum atomic E-state index is 0.224. The Hall–Kier alpha value is -0.870. The molecule has 3 nitrogen and oxygen atoms in total. The summed E-state index contributed by atoms with van der Waals surface area (Å²) in [5.41, 5.74) is 6.62. The van der Waals surface area contributed by atoms with Crippen LogP contribution in [0.3, 0.4) is 0 Å². The molecule has 0 saturated carbocycles. The van der Waals surface area contributed by atoms with Crippen molar-refractivity contribution in [3.05, 3.63) is 34.3 Å². The van der Waals surface area contributed by atoms with E-state index in [4.69, 9.17) is 5.73 Å². The van der Waals surface area contributed by atoms with Crippen molar-refractivity contribution >= 4 is 21.8 Å². The third-order valence-electron chi connectivity index (χ3n) is 3.51. The molecule has 1 heterocycles. The standard InChI is InChI=1S/C14H19BrN2O/c15-13-4-2-1-3-12(13)9-14(18)17-8-6-11(10-17)5-7-16/h1-4,11H,5-10,16H2. The third-order valence-corrected chi connectivity index (χ3v) is 4.29. The van der Waals surface area contributed by atoms with Crippen molar-refractivity contribution in [2.24, 2.45) is 11.7 Å². The molecule has 0 aliphatic carbocycles. The topological polar surface area (TPSA) is 46.3 Å². The summed E-state index contributed by atoms with van der Waals surface area (Å²) in [4.78, 5) is 14.2. The number of carbonyl (C=O) groups excluding carboxylic acids is 1. The second-order valence-electron chi connectivity index (χ2n) is 4.84. The highest BCUT2D eigenvalue weighted by Crippen LogP contribution is 2.22. The van der Waals surface area contributed by atoms with Crippen LogP contribution in [0.15, 0.2) is 28.7 Å². The summed E-state index contributed by atoms with van der Waals surface area (Å²) in [6.07, 6.45) is 2.61. The van der Waals surface area contributed by atoms with Gasteiger partial charge in [0.1, 0.15) is 0 Å². The van der Waals surface area contributed by atoms with E-state index in [2.05, 4.69) is 15.9 Å². The van der Waals surface area contributed by atoms with E-state index in [0.717, 1.165) is 42.5 Å². The highest BCUT2D eigenvalue weighted by Gasteiger charge is 2.25. The zero-order valence-corrected chi connectivity index (χ0v) is 12.0. The molecule has 0 aromatic heterocycles. The maximum absolute atomic E-state index is 12.2. The van der Waals surface area contributed by atoms with Gasteiger partial charge < -0.3 is 10.6 Å². The van der Waals surface area contributed by atoms with E-state index in [-0.39, 0.29) is 5.91 Å². The monoisotopic (exact) mass is 310 g/mol. The lowest BCUT2D eigenvalue weighted by molar-refractivity contribution is -0.129. The smallest absolute Gasteiger partial charge is 0.227 e. The summed E-state index contributed by atoms with van der Waals surface area (Å²) >= 11 is 3.48. The number of hydrogen-bond donors (Lipinski definition) is 1. The first-order valence-corrected chi connectivity index (χ1v) is 7.21. The van der Waals surface area contributed by atoms with E-state index in [9.17, 15) is 4.79 Å². The first-order valence-electron chi connectivity index (χ1n) is 6.42. The van der Waals surface area contributed by atoms with Gasteiger partial charge in [-0.05, 0) is 36.9 Å². The minimum absolute atomic E-state index is 0.224. The Morgan fingerprint density at radius 1 is 1.44 bits per heavy atom. The number of benzene rings is 1. The summed E-state index contributed by atoms with van der Waals surface area (Å²) in [5, 5.41) is 0. The molecule has 0 spiro atoms. The molecular formula is C14H19BrN2O. The quantitative estimate of drug-likeness (QED) is 0.926. The van der Waals surface area contributed by atoms with Crippen LogP contribution in [-0.2, 0) is 11.2 Å². The van der Waals surface area contributed by atoms with Gasteiger partial charge in [0.15, 0.2) is 0 Å². The predicted octanol–water partition coefficient (Wildman–Crippen LogP) is 2.19. The van der Waals surface area contributed by atoms with Crippen molar-refractivity contribution < 1.29 is 4.79 Å². The van der Waals surface area contributed by atoms with Gasteiger partial charge in [-0.3, -0.25) is 4.79 Å². The molecule has 0 radical (unpaired) electrons. The van der Waals surface area contributed by atoms with Crippen molar-refractivity contribution in [3.8, 4) is 0 Å². The van der Waals surface area contributed by atoms with Crippen LogP contribution in [0.25, 0.3) is 0 Å². The van der Waals surface area contributed by atoms with E-state index in [0.29, 0.717) is 12.3 Å². The number of carbonyl (C=O) groups is 1. The largest absolute Gasteiger partial charge is 0.342 e. The van der Waals surface area contributed by atoms with Gasteiger partial charge in [0.2, 0.25) is 5.91 Å². The average Bonchev–Trinajstić information content (AvgIpc) is 2.81. The number of nitrogens with two attached hydrogens (primary N) is 1. The van der Waals surface area contributed by atoms with Crippen molar-refractivity contribution in [2.45, 2.75) is 19.3 Å². The lowest BCUT2D eigenvalue weighted by atomic mass is 10.1. The van der Waals surface area contributed by atoms with Gasteiger partial charge in [0.25, 0.3) is 0 Å². The fourth-order valence-electron chi connectivity index (χ4n) is 2.45. The Balaban J connectivity index is 1.91. The van der Waals surface area contributed by atoms with Crippen molar-refractivity contribution in [1.29, 1.82) is 0 Å². The SMILES string of the molecule is NCCC1CCN(C(=O)Cc2ccccc2Br)C1. The van der Waals surface area contributed by atoms with Gasteiger partial charge in [0, 0.05) is 17.6 Å². The van der Waals surface area contributed by atoms with E-state index >= 15 is 0 Å². The first kappa shape index (κ1) is 13.6. The van der Waals surface area contributed by atoms with E-state index in [1.807, 2.05) is 29.2 Å². The second kappa shape index (κ2) is 6.34. The third kappa shape index (κ3) is 3.33. The summed E-state index contributed by atoms with van der Waals surface area (Å²) in [6, 6.07) is 7.90. The second-order valence-corrected chi connectivity index (χ2v) is 5.69. The molecule has 4 heteroatoms. The molecule has 18 heavy (non-hydrogen) atoms. The minimum Gasteiger partial charge on any atom is -0.342 e. The van der Waals surface area contributed by atoms with Crippen LogP contribution in [0.4, 0.5) is 0 Å². The molecule has 1 unspecified atom stereocenters. The fraction of sp³-hybridized carbons (Fsp3) is 0.500. The first-order chi connectivity index (χ1) is 8.70. The van der Waals surface area contributed by atoms with E-state index < -0.39 is 0 Å². The predicted molar refractivity (Wildman–Crippen MR) is 76.2 cm³/mol. The molecule has 1 fully saturated rings. The van der Waals surface area contributed by atoms with Crippen LogP contribution in [0.5, 0.6) is 0 Å². The van der Waals surface area contributed by atoms with Crippen LogP contribution < -0.4 is 5.73 Å². The zero-order valence-electron chi connectivity index (χ0n) is 10.4. The molecule has 2 rings (SSSR count). The van der Waals surface area contributed by atoms with Gasteiger partial charge in [-0.2, -0.15) is 0 Å². The average molecular weight is 311 g/mol. The molecule has 1 atom stereocenters. The maximum Gasteiger partial charge on any atom is 0.227 e. The van der Waals surface area contributed by atoms with Gasteiger partial charge in [-0.25, -0.2) is 0 Å².